The van der Waals surface area contributed by atoms with Crippen LogP contribution in [0.15, 0.2) is 18.2 Å². The number of rotatable bonds is 6. The molecule has 1 amide bonds. The van der Waals surface area contributed by atoms with Gasteiger partial charge in [-0.15, -0.1) is 0 Å². The number of nitro benzene ring substituents is 1. The molecule has 0 bridgehead atoms. The molecule has 0 saturated carbocycles. The number of carboxylic acid groups (broad SMARTS) is 1. The van der Waals surface area contributed by atoms with Gasteiger partial charge in [0.25, 0.3) is 11.6 Å². The number of nitrogens with two attached hydrogens (primary N) is 1. The van der Waals surface area contributed by atoms with Gasteiger partial charge in [-0.3, -0.25) is 19.7 Å². The summed E-state index contributed by atoms with van der Waals surface area (Å²) in [5, 5.41) is 19.7. The maximum atomic E-state index is 12.4. The molecule has 0 aliphatic heterocycles. The van der Waals surface area contributed by atoms with E-state index in [9.17, 15) is 19.7 Å². The maximum absolute atomic E-state index is 12.4. The summed E-state index contributed by atoms with van der Waals surface area (Å²) < 4.78 is 0. The fourth-order valence-electron chi connectivity index (χ4n) is 1.85. The average Bonchev–Trinajstić information content (AvgIpc) is 2.43. The smallest absolute Gasteiger partial charge is 0.323 e. The second kappa shape index (κ2) is 6.69. The molecular weight excluding hydrogens is 278 g/mol. The van der Waals surface area contributed by atoms with Crippen molar-refractivity contribution in [3.05, 3.63) is 33.9 Å². The SMILES string of the molecule is CCC(C)N(CC(=O)O)C(=O)c1cccc([N+](=O)[O-])c1N. The Labute approximate surface area is 121 Å². The molecule has 0 heterocycles. The third-order valence-electron chi connectivity index (χ3n) is 3.20. The first kappa shape index (κ1) is 16.4. The standard InChI is InChI=1S/C13H17N3O5/c1-3-8(2)15(7-11(17)18)13(19)9-5-4-6-10(12(9)14)16(20)21/h4-6,8H,3,7,14H2,1-2H3,(H,17,18). The molecule has 0 aliphatic carbocycles. The number of hydrogen-bond donors (Lipinski definition) is 2. The van der Waals surface area contributed by atoms with Gasteiger partial charge in [0, 0.05) is 12.1 Å². The van der Waals surface area contributed by atoms with Crippen molar-refractivity contribution >= 4 is 23.3 Å². The number of benzene rings is 1. The van der Waals surface area contributed by atoms with Crippen LogP contribution in [0.5, 0.6) is 0 Å². The Kier molecular flexibility index (Phi) is 5.23. The van der Waals surface area contributed by atoms with Gasteiger partial charge in [-0.05, 0) is 19.4 Å². The van der Waals surface area contributed by atoms with E-state index in [0.717, 1.165) is 4.90 Å². The van der Waals surface area contributed by atoms with E-state index in [-0.39, 0.29) is 23.0 Å². The number of anilines is 1. The van der Waals surface area contributed by atoms with E-state index in [1.165, 1.54) is 18.2 Å². The molecule has 0 saturated heterocycles. The van der Waals surface area contributed by atoms with Crippen LogP contribution in [0.25, 0.3) is 0 Å². The van der Waals surface area contributed by atoms with E-state index in [1.807, 2.05) is 6.92 Å². The van der Waals surface area contributed by atoms with Gasteiger partial charge in [-0.1, -0.05) is 13.0 Å². The highest BCUT2D eigenvalue weighted by atomic mass is 16.6. The number of carbonyl (C=O) groups excluding carboxylic acids is 1. The lowest BCUT2D eigenvalue weighted by Gasteiger charge is -2.27. The average molecular weight is 295 g/mol. The Hall–Kier alpha value is -2.64. The van der Waals surface area contributed by atoms with Crippen LogP contribution in [0.2, 0.25) is 0 Å². The third kappa shape index (κ3) is 3.68. The Morgan fingerprint density at radius 1 is 1.48 bits per heavy atom. The minimum absolute atomic E-state index is 0.0641. The number of carboxylic acids is 1. The van der Waals surface area contributed by atoms with Crippen LogP contribution in [-0.2, 0) is 4.79 Å². The van der Waals surface area contributed by atoms with Crippen molar-refractivity contribution in [2.45, 2.75) is 26.3 Å². The molecule has 1 rings (SSSR count). The molecule has 114 valence electrons. The van der Waals surface area contributed by atoms with Gasteiger partial charge in [-0.2, -0.15) is 0 Å². The highest BCUT2D eigenvalue weighted by molar-refractivity contribution is 6.02. The lowest BCUT2D eigenvalue weighted by molar-refractivity contribution is -0.383. The van der Waals surface area contributed by atoms with Crippen LogP contribution >= 0.6 is 0 Å². The number of nitrogen functional groups attached to an aromatic ring is 1. The first-order valence-electron chi connectivity index (χ1n) is 6.35. The monoisotopic (exact) mass is 295 g/mol. The second-order valence-corrected chi connectivity index (χ2v) is 4.58. The maximum Gasteiger partial charge on any atom is 0.323 e. The first-order valence-corrected chi connectivity index (χ1v) is 6.35. The van der Waals surface area contributed by atoms with Crippen molar-refractivity contribution in [2.75, 3.05) is 12.3 Å². The molecule has 1 unspecified atom stereocenters. The van der Waals surface area contributed by atoms with Gasteiger partial charge < -0.3 is 15.7 Å². The summed E-state index contributed by atoms with van der Waals surface area (Å²) in [6.07, 6.45) is 0.549. The van der Waals surface area contributed by atoms with E-state index in [0.29, 0.717) is 6.42 Å². The largest absolute Gasteiger partial charge is 0.480 e. The van der Waals surface area contributed by atoms with Gasteiger partial charge in [0.05, 0.1) is 10.5 Å². The van der Waals surface area contributed by atoms with Crippen LogP contribution in [0, 0.1) is 10.1 Å². The molecule has 1 aromatic rings. The molecular formula is C13H17N3O5. The van der Waals surface area contributed by atoms with E-state index >= 15 is 0 Å². The summed E-state index contributed by atoms with van der Waals surface area (Å²) in [5.41, 5.74) is 4.96. The predicted molar refractivity (Wildman–Crippen MR) is 75.9 cm³/mol. The van der Waals surface area contributed by atoms with Crippen LogP contribution in [0.3, 0.4) is 0 Å². The lowest BCUT2D eigenvalue weighted by Crippen LogP contribution is -2.42. The summed E-state index contributed by atoms with van der Waals surface area (Å²) in [5.74, 6) is -1.79. The van der Waals surface area contributed by atoms with Gasteiger partial charge >= 0.3 is 5.97 Å². The fraction of sp³-hybridized carbons (Fsp3) is 0.385. The molecule has 0 aromatic heterocycles. The number of aliphatic carboxylic acids is 1. The number of nitro groups is 1. The summed E-state index contributed by atoms with van der Waals surface area (Å²) in [6, 6.07) is 3.56. The molecule has 1 atom stereocenters. The van der Waals surface area contributed by atoms with Crippen molar-refractivity contribution in [1.82, 2.24) is 4.90 Å². The number of hydrogen-bond acceptors (Lipinski definition) is 5. The molecule has 8 heteroatoms. The number of nitrogens with zero attached hydrogens (tertiary/aromatic N) is 2. The highest BCUT2D eigenvalue weighted by Gasteiger charge is 2.27. The second-order valence-electron chi connectivity index (χ2n) is 4.58. The molecule has 0 fully saturated rings. The third-order valence-corrected chi connectivity index (χ3v) is 3.20. The van der Waals surface area contributed by atoms with Crippen LogP contribution in [-0.4, -0.2) is 39.4 Å². The van der Waals surface area contributed by atoms with Gasteiger partial charge in [0.15, 0.2) is 0 Å². The minimum Gasteiger partial charge on any atom is -0.480 e. The molecule has 1 aromatic carbocycles. The Morgan fingerprint density at radius 3 is 2.57 bits per heavy atom. The lowest BCUT2D eigenvalue weighted by atomic mass is 10.1. The summed E-state index contributed by atoms with van der Waals surface area (Å²) in [6.45, 7) is 3.02. The molecule has 0 aliphatic rings. The topological polar surface area (TPSA) is 127 Å². The van der Waals surface area contributed by atoms with Crippen LogP contribution in [0.4, 0.5) is 11.4 Å². The Balaban J connectivity index is 3.23. The molecule has 8 nitrogen and oxygen atoms in total. The molecule has 0 radical (unpaired) electrons. The highest BCUT2D eigenvalue weighted by Crippen LogP contribution is 2.26. The van der Waals surface area contributed by atoms with E-state index in [1.54, 1.807) is 6.92 Å². The summed E-state index contributed by atoms with van der Waals surface area (Å²) in [4.78, 5) is 34.6. The van der Waals surface area contributed by atoms with E-state index < -0.39 is 23.3 Å². The van der Waals surface area contributed by atoms with Crippen molar-refractivity contribution in [2.24, 2.45) is 0 Å². The fourth-order valence-corrected chi connectivity index (χ4v) is 1.85. The van der Waals surface area contributed by atoms with Crippen molar-refractivity contribution < 1.29 is 19.6 Å². The van der Waals surface area contributed by atoms with Gasteiger partial charge in [-0.25, -0.2) is 0 Å². The van der Waals surface area contributed by atoms with E-state index in [4.69, 9.17) is 10.8 Å². The van der Waals surface area contributed by atoms with Crippen molar-refractivity contribution in [1.29, 1.82) is 0 Å². The quantitative estimate of drug-likeness (QED) is 0.465. The van der Waals surface area contributed by atoms with Gasteiger partial charge in [0.1, 0.15) is 12.2 Å². The van der Waals surface area contributed by atoms with E-state index in [2.05, 4.69) is 0 Å². The number of carbonyl (C=O) groups is 2. The predicted octanol–water partition coefficient (Wildman–Crippen LogP) is 1.50. The number of amides is 1. The number of para-hydroxylation sites is 1. The zero-order valence-corrected chi connectivity index (χ0v) is 11.8. The summed E-state index contributed by atoms with van der Waals surface area (Å²) in [7, 11) is 0. The first-order chi connectivity index (χ1) is 9.79. The van der Waals surface area contributed by atoms with Crippen molar-refractivity contribution in [3.8, 4) is 0 Å². The minimum atomic E-state index is -1.16. The molecule has 3 N–H and O–H groups in total. The Morgan fingerprint density at radius 2 is 2.10 bits per heavy atom. The van der Waals surface area contributed by atoms with Crippen molar-refractivity contribution in [3.63, 3.8) is 0 Å². The molecule has 21 heavy (non-hydrogen) atoms. The molecule has 0 spiro atoms. The normalized spacial score (nSPS) is 11.7. The Bertz CT molecular complexity index is 573. The zero-order valence-electron chi connectivity index (χ0n) is 11.8. The summed E-state index contributed by atoms with van der Waals surface area (Å²) >= 11 is 0. The van der Waals surface area contributed by atoms with Gasteiger partial charge in [0.2, 0.25) is 0 Å². The van der Waals surface area contributed by atoms with Crippen LogP contribution in [0.1, 0.15) is 30.6 Å². The zero-order chi connectivity index (χ0) is 16.2. The van der Waals surface area contributed by atoms with Crippen LogP contribution < -0.4 is 5.73 Å².